The van der Waals surface area contributed by atoms with E-state index in [2.05, 4.69) is 19.2 Å². The smallest absolute Gasteiger partial charge is 0.164 e. The average molecular weight is 207 g/mol. The number of para-hydroxylation sites is 1. The molecule has 0 fully saturated rings. The molecule has 0 unspecified atom stereocenters. The third-order valence-electron chi connectivity index (χ3n) is 1.82. The lowest BCUT2D eigenvalue weighted by atomic mass is 10.1. The van der Waals surface area contributed by atoms with Crippen LogP contribution >= 0.6 is 0 Å². The number of rotatable bonds is 3. The van der Waals surface area contributed by atoms with Crippen molar-refractivity contribution in [3.8, 4) is 0 Å². The molecule has 15 heavy (non-hydrogen) atoms. The van der Waals surface area contributed by atoms with Crippen LogP contribution in [-0.4, -0.2) is 12.8 Å². The molecular formula is C13H21NO. The first-order chi connectivity index (χ1) is 7.21. The minimum atomic E-state index is 0.181. The first kappa shape index (κ1) is 13.7. The summed E-state index contributed by atoms with van der Waals surface area (Å²) in [5.74, 6) is 0.181. The summed E-state index contributed by atoms with van der Waals surface area (Å²) in [6, 6.07) is 7.54. The molecule has 0 aromatic heterocycles. The molecule has 0 aliphatic heterocycles. The normalized spacial score (nSPS) is 8.80. The third-order valence-corrected chi connectivity index (χ3v) is 1.82. The molecule has 84 valence electrons. The summed E-state index contributed by atoms with van der Waals surface area (Å²) < 4.78 is 0. The largest absolute Gasteiger partial charge is 0.388 e. The Hall–Kier alpha value is -1.31. The van der Waals surface area contributed by atoms with Crippen LogP contribution in [-0.2, 0) is 0 Å². The fourth-order valence-corrected chi connectivity index (χ4v) is 1.13. The first-order valence-electron chi connectivity index (χ1n) is 5.51. The van der Waals surface area contributed by atoms with Gasteiger partial charge in [-0.2, -0.15) is 0 Å². The second kappa shape index (κ2) is 8.04. The Kier molecular flexibility index (Phi) is 7.33. The number of anilines is 1. The Balaban J connectivity index is 0.000000583. The van der Waals surface area contributed by atoms with Gasteiger partial charge < -0.3 is 5.32 Å². The van der Waals surface area contributed by atoms with E-state index in [1.165, 1.54) is 6.42 Å². The summed E-state index contributed by atoms with van der Waals surface area (Å²) in [7, 11) is 1.82. The van der Waals surface area contributed by atoms with E-state index in [1.54, 1.807) is 0 Å². The predicted octanol–water partition coefficient (Wildman–Crippen LogP) is 3.74. The van der Waals surface area contributed by atoms with E-state index in [1.807, 2.05) is 38.2 Å². The zero-order valence-electron chi connectivity index (χ0n) is 10.1. The van der Waals surface area contributed by atoms with Crippen molar-refractivity contribution in [1.29, 1.82) is 0 Å². The minimum absolute atomic E-state index is 0.181. The molecule has 2 nitrogen and oxygen atoms in total. The van der Waals surface area contributed by atoms with E-state index in [0.717, 1.165) is 11.3 Å². The van der Waals surface area contributed by atoms with Gasteiger partial charge >= 0.3 is 0 Å². The highest BCUT2D eigenvalue weighted by Crippen LogP contribution is 2.15. The van der Waals surface area contributed by atoms with Crippen LogP contribution in [0, 0.1) is 0 Å². The lowest BCUT2D eigenvalue weighted by Crippen LogP contribution is -2.01. The zero-order valence-corrected chi connectivity index (χ0v) is 10.1. The maximum atomic E-state index is 11.4. The van der Waals surface area contributed by atoms with Crippen LogP contribution in [0.5, 0.6) is 0 Å². The molecule has 0 radical (unpaired) electrons. The highest BCUT2D eigenvalue weighted by Gasteiger charge is 2.06. The van der Waals surface area contributed by atoms with Gasteiger partial charge in [-0.3, -0.25) is 4.79 Å². The SMILES string of the molecule is CCC.CCC(=O)c1ccccc1NC. The summed E-state index contributed by atoms with van der Waals surface area (Å²) >= 11 is 0. The van der Waals surface area contributed by atoms with Crippen LogP contribution in [0.4, 0.5) is 5.69 Å². The lowest BCUT2D eigenvalue weighted by molar-refractivity contribution is 0.0989. The molecule has 0 heterocycles. The quantitative estimate of drug-likeness (QED) is 0.765. The van der Waals surface area contributed by atoms with E-state index >= 15 is 0 Å². The summed E-state index contributed by atoms with van der Waals surface area (Å²) in [4.78, 5) is 11.4. The van der Waals surface area contributed by atoms with Crippen molar-refractivity contribution in [2.24, 2.45) is 0 Å². The van der Waals surface area contributed by atoms with Crippen molar-refractivity contribution in [3.63, 3.8) is 0 Å². The number of nitrogens with one attached hydrogen (secondary N) is 1. The Bertz CT molecular complexity index is 294. The molecular weight excluding hydrogens is 186 g/mol. The van der Waals surface area contributed by atoms with Gasteiger partial charge in [0.25, 0.3) is 0 Å². The maximum Gasteiger partial charge on any atom is 0.164 e. The minimum Gasteiger partial charge on any atom is -0.388 e. The van der Waals surface area contributed by atoms with Crippen LogP contribution < -0.4 is 5.32 Å². The molecule has 1 N–H and O–H groups in total. The van der Waals surface area contributed by atoms with Crippen LogP contribution in [0.25, 0.3) is 0 Å². The molecule has 0 bridgehead atoms. The number of hydrogen-bond acceptors (Lipinski definition) is 2. The van der Waals surface area contributed by atoms with E-state index < -0.39 is 0 Å². The summed E-state index contributed by atoms with van der Waals surface area (Å²) in [5, 5.41) is 2.99. The molecule has 0 amide bonds. The topological polar surface area (TPSA) is 29.1 Å². The van der Waals surface area contributed by atoms with Crippen LogP contribution in [0.2, 0.25) is 0 Å². The number of carbonyl (C=O) groups is 1. The molecule has 0 saturated carbocycles. The molecule has 0 saturated heterocycles. The molecule has 1 rings (SSSR count). The Labute approximate surface area is 92.7 Å². The lowest BCUT2D eigenvalue weighted by Gasteiger charge is -2.05. The fourth-order valence-electron chi connectivity index (χ4n) is 1.13. The second-order valence-electron chi connectivity index (χ2n) is 3.28. The third kappa shape index (κ3) is 4.63. The maximum absolute atomic E-state index is 11.4. The molecule has 1 aromatic rings. The van der Waals surface area contributed by atoms with E-state index in [9.17, 15) is 4.79 Å². The van der Waals surface area contributed by atoms with E-state index in [0.29, 0.717) is 6.42 Å². The van der Waals surface area contributed by atoms with Crippen molar-refractivity contribution in [2.75, 3.05) is 12.4 Å². The van der Waals surface area contributed by atoms with Gasteiger partial charge in [0.15, 0.2) is 5.78 Å². The van der Waals surface area contributed by atoms with Gasteiger partial charge in [-0.15, -0.1) is 0 Å². The van der Waals surface area contributed by atoms with Gasteiger partial charge in [-0.25, -0.2) is 0 Å². The number of Topliss-reactive ketones (excluding diaryl/α,β-unsaturated/α-hetero) is 1. The molecule has 0 spiro atoms. The van der Waals surface area contributed by atoms with Crippen molar-refractivity contribution in [1.82, 2.24) is 0 Å². The Morgan fingerprint density at radius 2 is 1.73 bits per heavy atom. The molecule has 0 atom stereocenters. The van der Waals surface area contributed by atoms with Crippen molar-refractivity contribution < 1.29 is 4.79 Å². The van der Waals surface area contributed by atoms with Gasteiger partial charge in [0.2, 0.25) is 0 Å². The van der Waals surface area contributed by atoms with E-state index in [-0.39, 0.29) is 5.78 Å². The van der Waals surface area contributed by atoms with Gasteiger partial charge in [0.1, 0.15) is 0 Å². The number of ketones is 1. The summed E-state index contributed by atoms with van der Waals surface area (Å²) in [5.41, 5.74) is 1.69. The van der Waals surface area contributed by atoms with Crippen LogP contribution in [0.1, 0.15) is 44.0 Å². The predicted molar refractivity (Wildman–Crippen MR) is 66.6 cm³/mol. The zero-order chi connectivity index (χ0) is 11.7. The molecule has 1 aromatic carbocycles. The Morgan fingerprint density at radius 1 is 1.20 bits per heavy atom. The van der Waals surface area contributed by atoms with Gasteiger partial charge in [0.05, 0.1) is 0 Å². The molecule has 2 heteroatoms. The molecule has 0 aliphatic carbocycles. The number of benzene rings is 1. The van der Waals surface area contributed by atoms with Crippen molar-refractivity contribution in [3.05, 3.63) is 29.8 Å². The molecule has 0 aliphatic rings. The summed E-state index contributed by atoms with van der Waals surface area (Å²) in [6.07, 6.45) is 1.80. The van der Waals surface area contributed by atoms with Crippen molar-refractivity contribution in [2.45, 2.75) is 33.6 Å². The number of hydrogen-bond donors (Lipinski definition) is 1. The summed E-state index contributed by atoms with van der Waals surface area (Å²) in [6.45, 7) is 6.12. The van der Waals surface area contributed by atoms with E-state index in [4.69, 9.17) is 0 Å². The van der Waals surface area contributed by atoms with Crippen molar-refractivity contribution >= 4 is 11.5 Å². The van der Waals surface area contributed by atoms with Gasteiger partial charge in [-0.1, -0.05) is 39.3 Å². The van der Waals surface area contributed by atoms with Gasteiger partial charge in [-0.05, 0) is 12.1 Å². The Morgan fingerprint density at radius 3 is 2.20 bits per heavy atom. The fraction of sp³-hybridized carbons (Fsp3) is 0.462. The standard InChI is InChI=1S/C10H13NO.C3H8/c1-3-10(12)8-6-4-5-7-9(8)11-2;1-3-2/h4-7,11H,3H2,1-2H3;3H2,1-2H3. The van der Waals surface area contributed by atoms with Crippen LogP contribution in [0.15, 0.2) is 24.3 Å². The number of carbonyl (C=O) groups excluding carboxylic acids is 1. The average Bonchev–Trinajstić information content (AvgIpc) is 2.29. The monoisotopic (exact) mass is 207 g/mol. The highest BCUT2D eigenvalue weighted by molar-refractivity contribution is 6.00. The highest BCUT2D eigenvalue weighted by atomic mass is 16.1. The van der Waals surface area contributed by atoms with Gasteiger partial charge in [0, 0.05) is 24.7 Å². The van der Waals surface area contributed by atoms with Crippen LogP contribution in [0.3, 0.4) is 0 Å². The first-order valence-corrected chi connectivity index (χ1v) is 5.51. The second-order valence-corrected chi connectivity index (χ2v) is 3.28.